The molecule has 1 aromatic carbocycles. The Kier molecular flexibility index (Phi) is 6.16. The molecular weight excluding hydrogens is 312 g/mol. The van der Waals surface area contributed by atoms with Gasteiger partial charge in [0.2, 0.25) is 0 Å². The lowest BCUT2D eigenvalue weighted by molar-refractivity contribution is -0.117. The van der Waals surface area contributed by atoms with E-state index in [2.05, 4.69) is 10.6 Å². The predicted molar refractivity (Wildman–Crippen MR) is 87.2 cm³/mol. The van der Waals surface area contributed by atoms with Gasteiger partial charge in [0, 0.05) is 6.54 Å². The van der Waals surface area contributed by atoms with Crippen LogP contribution in [0.25, 0.3) is 6.08 Å². The van der Waals surface area contributed by atoms with Gasteiger partial charge < -0.3 is 24.9 Å². The number of aliphatic hydroxyl groups is 1. The van der Waals surface area contributed by atoms with Gasteiger partial charge in [0.15, 0.2) is 5.76 Å². The van der Waals surface area contributed by atoms with Crippen molar-refractivity contribution in [2.45, 2.75) is 0 Å². The molecule has 0 aliphatic carbocycles. The van der Waals surface area contributed by atoms with Crippen molar-refractivity contribution in [3.8, 4) is 5.75 Å². The third-order valence-corrected chi connectivity index (χ3v) is 3.06. The Bertz CT molecular complexity index is 705. The zero-order valence-corrected chi connectivity index (χ0v) is 13.1. The minimum atomic E-state index is -0.543. The highest BCUT2D eigenvalue weighted by Crippen LogP contribution is 2.14. The average Bonchev–Trinajstić information content (AvgIpc) is 3.14. The van der Waals surface area contributed by atoms with Crippen LogP contribution in [0.1, 0.15) is 16.1 Å². The topological polar surface area (TPSA) is 101 Å². The number of ether oxygens (including phenoxy) is 1. The van der Waals surface area contributed by atoms with E-state index in [0.29, 0.717) is 11.3 Å². The zero-order valence-electron chi connectivity index (χ0n) is 13.1. The van der Waals surface area contributed by atoms with Gasteiger partial charge in [-0.2, -0.15) is 0 Å². The van der Waals surface area contributed by atoms with Crippen LogP contribution < -0.4 is 15.4 Å². The molecule has 126 valence electrons. The number of hydrogen-bond donors (Lipinski definition) is 3. The number of carbonyl (C=O) groups is 2. The molecule has 1 aromatic heterocycles. The summed E-state index contributed by atoms with van der Waals surface area (Å²) in [5, 5.41) is 13.8. The minimum absolute atomic E-state index is 0.0371. The van der Waals surface area contributed by atoms with Crippen LogP contribution in [-0.4, -0.2) is 37.2 Å². The lowest BCUT2D eigenvalue weighted by Crippen LogP contribution is -2.36. The largest absolute Gasteiger partial charge is 0.497 e. The lowest BCUT2D eigenvalue weighted by Gasteiger charge is -2.09. The molecule has 0 saturated carbocycles. The van der Waals surface area contributed by atoms with Gasteiger partial charge in [0.05, 0.1) is 20.0 Å². The van der Waals surface area contributed by atoms with Crippen LogP contribution in [0.5, 0.6) is 5.75 Å². The smallest absolute Gasteiger partial charge is 0.291 e. The number of rotatable bonds is 7. The maximum absolute atomic E-state index is 12.2. The number of methoxy groups -OCH3 is 1. The summed E-state index contributed by atoms with van der Waals surface area (Å²) in [6, 6.07) is 10.0. The second-order valence-corrected chi connectivity index (χ2v) is 4.74. The fourth-order valence-corrected chi connectivity index (χ4v) is 1.88. The van der Waals surface area contributed by atoms with Gasteiger partial charge >= 0.3 is 0 Å². The first-order valence-electron chi connectivity index (χ1n) is 7.23. The summed E-state index contributed by atoms with van der Waals surface area (Å²) in [5.74, 6) is -0.290. The van der Waals surface area contributed by atoms with E-state index in [1.165, 1.54) is 18.4 Å². The van der Waals surface area contributed by atoms with Crippen molar-refractivity contribution in [1.29, 1.82) is 0 Å². The quantitative estimate of drug-likeness (QED) is 0.662. The summed E-state index contributed by atoms with van der Waals surface area (Å²) in [7, 11) is 1.56. The van der Waals surface area contributed by atoms with Gasteiger partial charge in [-0.05, 0) is 35.9 Å². The van der Waals surface area contributed by atoms with Crippen LogP contribution in [0.4, 0.5) is 0 Å². The van der Waals surface area contributed by atoms with Crippen LogP contribution in [0.15, 0.2) is 52.8 Å². The SMILES string of the molecule is COc1ccc(/C=C(\NC(=O)c2ccco2)C(=O)NCCO)cc1. The molecular formula is C17H18N2O5. The number of benzene rings is 1. The Balaban J connectivity index is 2.22. The maximum Gasteiger partial charge on any atom is 0.291 e. The predicted octanol–water partition coefficient (Wildman–Crippen LogP) is 1.17. The molecule has 0 fully saturated rings. The Morgan fingerprint density at radius 1 is 1.25 bits per heavy atom. The van der Waals surface area contributed by atoms with Crippen molar-refractivity contribution in [2.24, 2.45) is 0 Å². The van der Waals surface area contributed by atoms with E-state index in [1.807, 2.05) is 0 Å². The fourth-order valence-electron chi connectivity index (χ4n) is 1.88. The van der Waals surface area contributed by atoms with E-state index in [4.69, 9.17) is 14.3 Å². The molecule has 2 aromatic rings. The number of amides is 2. The van der Waals surface area contributed by atoms with E-state index in [-0.39, 0.29) is 24.6 Å². The van der Waals surface area contributed by atoms with E-state index in [1.54, 1.807) is 37.4 Å². The molecule has 2 rings (SSSR count). The van der Waals surface area contributed by atoms with E-state index in [9.17, 15) is 9.59 Å². The lowest BCUT2D eigenvalue weighted by atomic mass is 10.1. The van der Waals surface area contributed by atoms with Gasteiger partial charge in [-0.1, -0.05) is 12.1 Å². The van der Waals surface area contributed by atoms with Crippen molar-refractivity contribution in [1.82, 2.24) is 10.6 Å². The van der Waals surface area contributed by atoms with Gasteiger partial charge in [0.1, 0.15) is 11.4 Å². The number of furan rings is 1. The summed E-state index contributed by atoms with van der Waals surface area (Å²) >= 11 is 0. The molecule has 0 aliphatic rings. The molecule has 1 heterocycles. The minimum Gasteiger partial charge on any atom is -0.497 e. The molecule has 2 amide bonds. The van der Waals surface area contributed by atoms with E-state index in [0.717, 1.165) is 0 Å². The van der Waals surface area contributed by atoms with Crippen molar-refractivity contribution in [2.75, 3.05) is 20.3 Å². The first-order valence-corrected chi connectivity index (χ1v) is 7.23. The monoisotopic (exact) mass is 330 g/mol. The Morgan fingerprint density at radius 2 is 2.00 bits per heavy atom. The summed E-state index contributed by atoms with van der Waals surface area (Å²) in [5.41, 5.74) is 0.736. The normalized spacial score (nSPS) is 11.0. The summed E-state index contributed by atoms with van der Waals surface area (Å²) in [6.45, 7) is -0.122. The second kappa shape index (κ2) is 8.54. The first kappa shape index (κ1) is 17.3. The number of aliphatic hydroxyl groups excluding tert-OH is 1. The Morgan fingerprint density at radius 3 is 2.58 bits per heavy atom. The molecule has 0 spiro atoms. The molecule has 0 atom stereocenters. The molecule has 3 N–H and O–H groups in total. The van der Waals surface area contributed by atoms with Crippen LogP contribution in [0, 0.1) is 0 Å². The van der Waals surface area contributed by atoms with Crippen LogP contribution in [0.2, 0.25) is 0 Å². The van der Waals surface area contributed by atoms with Crippen molar-refractivity contribution >= 4 is 17.9 Å². The molecule has 0 radical (unpaired) electrons. The number of carbonyl (C=O) groups excluding carboxylic acids is 2. The van der Waals surface area contributed by atoms with Gasteiger partial charge in [0.25, 0.3) is 11.8 Å². The van der Waals surface area contributed by atoms with E-state index < -0.39 is 11.8 Å². The van der Waals surface area contributed by atoms with Crippen LogP contribution in [0.3, 0.4) is 0 Å². The Hall–Kier alpha value is -3.06. The third kappa shape index (κ3) is 4.72. The van der Waals surface area contributed by atoms with Gasteiger partial charge in [-0.3, -0.25) is 9.59 Å². The van der Waals surface area contributed by atoms with Crippen molar-refractivity contribution < 1.29 is 23.8 Å². The zero-order chi connectivity index (χ0) is 17.4. The van der Waals surface area contributed by atoms with Crippen molar-refractivity contribution in [3.63, 3.8) is 0 Å². The highest BCUT2D eigenvalue weighted by molar-refractivity contribution is 6.04. The van der Waals surface area contributed by atoms with Gasteiger partial charge in [-0.15, -0.1) is 0 Å². The standard InChI is InChI=1S/C17H18N2O5/c1-23-13-6-4-12(5-7-13)11-14(16(21)18-8-9-20)19-17(22)15-3-2-10-24-15/h2-7,10-11,20H,8-9H2,1H3,(H,18,21)(H,19,22)/b14-11-. The van der Waals surface area contributed by atoms with Crippen LogP contribution >= 0.6 is 0 Å². The van der Waals surface area contributed by atoms with Crippen molar-refractivity contribution in [3.05, 3.63) is 59.7 Å². The van der Waals surface area contributed by atoms with Crippen LogP contribution in [-0.2, 0) is 4.79 Å². The van der Waals surface area contributed by atoms with E-state index >= 15 is 0 Å². The average molecular weight is 330 g/mol. The molecule has 7 nitrogen and oxygen atoms in total. The summed E-state index contributed by atoms with van der Waals surface area (Å²) < 4.78 is 10.1. The van der Waals surface area contributed by atoms with Gasteiger partial charge in [-0.25, -0.2) is 0 Å². The highest BCUT2D eigenvalue weighted by atomic mass is 16.5. The molecule has 7 heteroatoms. The number of nitrogens with one attached hydrogen (secondary N) is 2. The summed E-state index contributed by atoms with van der Waals surface area (Å²) in [4.78, 5) is 24.3. The molecule has 0 bridgehead atoms. The highest BCUT2D eigenvalue weighted by Gasteiger charge is 2.15. The molecule has 0 unspecified atom stereocenters. The fraction of sp³-hybridized carbons (Fsp3) is 0.176. The first-order chi connectivity index (χ1) is 11.6. The molecule has 24 heavy (non-hydrogen) atoms. The Labute approximate surface area is 138 Å². The third-order valence-electron chi connectivity index (χ3n) is 3.06. The summed E-state index contributed by atoms with van der Waals surface area (Å²) in [6.07, 6.45) is 2.89. The molecule has 0 saturated heterocycles. The molecule has 0 aliphatic heterocycles. The second-order valence-electron chi connectivity index (χ2n) is 4.74. The maximum atomic E-state index is 12.2. The number of hydrogen-bond acceptors (Lipinski definition) is 5.